The van der Waals surface area contributed by atoms with E-state index < -0.39 is 16.1 Å². The molecule has 1 fully saturated rings. The van der Waals surface area contributed by atoms with E-state index in [1.165, 1.54) is 17.7 Å². The van der Waals surface area contributed by atoms with E-state index in [2.05, 4.69) is 14.7 Å². The molecule has 1 aliphatic heterocycles. The number of likely N-dealkylation sites (tertiary alicyclic amines) is 1. The maximum absolute atomic E-state index is 12.9. The number of rotatable bonds is 5. The van der Waals surface area contributed by atoms with Crippen LogP contribution in [0.4, 0.5) is 5.82 Å². The summed E-state index contributed by atoms with van der Waals surface area (Å²) in [5.41, 5.74) is 6.62. The second-order valence-corrected chi connectivity index (χ2v) is 11.8. The van der Waals surface area contributed by atoms with E-state index in [9.17, 15) is 13.2 Å². The van der Waals surface area contributed by atoms with Crippen LogP contribution < -0.4 is 10.5 Å². The summed E-state index contributed by atoms with van der Waals surface area (Å²) in [4.78, 5) is 23.6. The van der Waals surface area contributed by atoms with Crippen LogP contribution in [0.3, 0.4) is 0 Å². The number of nitrogens with zero attached hydrogens (tertiary/aromatic N) is 3. The molecule has 3 aromatic heterocycles. The molecule has 8 nitrogen and oxygen atoms in total. The predicted molar refractivity (Wildman–Crippen MR) is 123 cm³/mol. The summed E-state index contributed by atoms with van der Waals surface area (Å²) in [6.45, 7) is 0.836. The van der Waals surface area contributed by atoms with Crippen LogP contribution >= 0.6 is 34.3 Å². The van der Waals surface area contributed by atoms with Gasteiger partial charge in [-0.05, 0) is 42.1 Å². The van der Waals surface area contributed by atoms with Crippen LogP contribution in [-0.2, 0) is 21.4 Å². The third-order valence-electron chi connectivity index (χ3n) is 5.05. The minimum atomic E-state index is -3.83. The monoisotopic (exact) mass is 493 g/mol. The predicted octanol–water partition coefficient (Wildman–Crippen LogP) is 3.22. The number of hydrogen-bond donors (Lipinski definition) is 2. The third kappa shape index (κ3) is 3.87. The van der Waals surface area contributed by atoms with Crippen molar-refractivity contribution in [3.8, 4) is 0 Å². The SMILES string of the molecule is Nc1ncnc2cc(CN3CC[C@H](NS(=O)(=O)c4cc5cc(Cl)ccc5s4)C3=O)sc12. The normalized spacial score (nSPS) is 17.3. The highest BCUT2D eigenvalue weighted by molar-refractivity contribution is 7.91. The topological polar surface area (TPSA) is 118 Å². The van der Waals surface area contributed by atoms with E-state index in [1.54, 1.807) is 29.2 Å². The number of carbonyl (C=O) groups is 1. The number of aromatic nitrogens is 2. The zero-order valence-electron chi connectivity index (χ0n) is 15.9. The highest BCUT2D eigenvalue weighted by atomic mass is 35.5. The molecule has 4 heterocycles. The number of amides is 1. The number of nitrogens with two attached hydrogens (primary N) is 1. The molecular formula is C19H16ClN5O3S3. The van der Waals surface area contributed by atoms with Crippen molar-refractivity contribution in [1.29, 1.82) is 0 Å². The van der Waals surface area contributed by atoms with Crippen molar-refractivity contribution >= 4 is 76.3 Å². The summed E-state index contributed by atoms with van der Waals surface area (Å²) in [6, 6.07) is 7.89. The number of sulfonamides is 1. The highest BCUT2D eigenvalue weighted by Gasteiger charge is 2.35. The van der Waals surface area contributed by atoms with E-state index in [0.29, 0.717) is 30.4 Å². The Morgan fingerprint density at radius 2 is 2.06 bits per heavy atom. The van der Waals surface area contributed by atoms with E-state index in [0.717, 1.165) is 36.5 Å². The van der Waals surface area contributed by atoms with Crippen molar-refractivity contribution in [3.05, 3.63) is 46.6 Å². The molecule has 3 N–H and O–H groups in total. The van der Waals surface area contributed by atoms with Crippen molar-refractivity contribution in [2.45, 2.75) is 23.2 Å². The van der Waals surface area contributed by atoms with Gasteiger partial charge in [-0.15, -0.1) is 22.7 Å². The van der Waals surface area contributed by atoms with Gasteiger partial charge in [0.25, 0.3) is 10.0 Å². The summed E-state index contributed by atoms with van der Waals surface area (Å²) in [6.07, 6.45) is 1.81. The fourth-order valence-electron chi connectivity index (χ4n) is 3.56. The lowest BCUT2D eigenvalue weighted by molar-refractivity contribution is -0.129. The van der Waals surface area contributed by atoms with Crippen LogP contribution in [0.15, 0.2) is 40.9 Å². The fraction of sp³-hybridized carbons (Fsp3) is 0.211. The Morgan fingerprint density at radius 1 is 1.23 bits per heavy atom. The maximum atomic E-state index is 12.9. The van der Waals surface area contributed by atoms with Crippen LogP contribution in [0.5, 0.6) is 0 Å². The number of hydrogen-bond acceptors (Lipinski definition) is 8. The lowest BCUT2D eigenvalue weighted by atomic mass is 10.3. The minimum absolute atomic E-state index is 0.162. The van der Waals surface area contributed by atoms with Gasteiger partial charge in [-0.3, -0.25) is 4.79 Å². The van der Waals surface area contributed by atoms with Gasteiger partial charge in [0.1, 0.15) is 22.4 Å². The number of benzene rings is 1. The van der Waals surface area contributed by atoms with E-state index in [-0.39, 0.29) is 10.1 Å². The molecule has 1 aromatic carbocycles. The Labute approximate surface area is 190 Å². The molecule has 0 saturated carbocycles. The maximum Gasteiger partial charge on any atom is 0.250 e. The first-order chi connectivity index (χ1) is 14.8. The Balaban J connectivity index is 1.32. The van der Waals surface area contributed by atoms with Crippen LogP contribution in [0.1, 0.15) is 11.3 Å². The van der Waals surface area contributed by atoms with Crippen molar-refractivity contribution in [1.82, 2.24) is 19.6 Å². The average Bonchev–Trinajstić information content (AvgIpc) is 3.41. The number of thiophene rings is 2. The van der Waals surface area contributed by atoms with Gasteiger partial charge in [-0.1, -0.05) is 11.6 Å². The Bertz CT molecular complexity index is 1430. The average molecular weight is 494 g/mol. The second kappa shape index (κ2) is 7.68. The van der Waals surface area contributed by atoms with Gasteiger partial charge in [0.15, 0.2) is 0 Å². The largest absolute Gasteiger partial charge is 0.382 e. The molecule has 1 amide bonds. The number of carbonyl (C=O) groups excluding carboxylic acids is 1. The number of nitrogen functional groups attached to an aromatic ring is 1. The summed E-state index contributed by atoms with van der Waals surface area (Å²) in [5, 5.41) is 1.29. The molecule has 12 heteroatoms. The molecule has 4 aromatic rings. The lowest BCUT2D eigenvalue weighted by Crippen LogP contribution is -2.40. The van der Waals surface area contributed by atoms with E-state index >= 15 is 0 Å². The number of nitrogens with one attached hydrogen (secondary N) is 1. The smallest absolute Gasteiger partial charge is 0.250 e. The second-order valence-electron chi connectivity index (χ2n) is 7.16. The van der Waals surface area contributed by atoms with Crippen LogP contribution in [0.2, 0.25) is 5.02 Å². The Kier molecular flexibility index (Phi) is 5.10. The van der Waals surface area contributed by atoms with Gasteiger partial charge in [-0.2, -0.15) is 4.72 Å². The van der Waals surface area contributed by atoms with Gasteiger partial charge in [0, 0.05) is 21.1 Å². The molecule has 0 unspecified atom stereocenters. The summed E-state index contributed by atoms with van der Waals surface area (Å²) >= 11 is 8.58. The molecule has 5 rings (SSSR count). The van der Waals surface area contributed by atoms with Gasteiger partial charge in [-0.25, -0.2) is 18.4 Å². The highest BCUT2D eigenvalue weighted by Crippen LogP contribution is 2.32. The quantitative estimate of drug-likeness (QED) is 0.440. The number of halogens is 1. The van der Waals surface area contributed by atoms with Crippen LogP contribution in [0.25, 0.3) is 20.3 Å². The molecule has 1 saturated heterocycles. The Morgan fingerprint density at radius 3 is 2.87 bits per heavy atom. The minimum Gasteiger partial charge on any atom is -0.382 e. The van der Waals surface area contributed by atoms with Gasteiger partial charge < -0.3 is 10.6 Å². The fourth-order valence-corrected chi connectivity index (χ4v) is 7.39. The lowest BCUT2D eigenvalue weighted by Gasteiger charge is -2.16. The first-order valence-electron chi connectivity index (χ1n) is 9.29. The molecule has 0 spiro atoms. The van der Waals surface area contributed by atoms with Crippen LogP contribution in [-0.4, -0.2) is 41.8 Å². The zero-order valence-corrected chi connectivity index (χ0v) is 19.1. The van der Waals surface area contributed by atoms with Gasteiger partial charge >= 0.3 is 0 Å². The summed E-state index contributed by atoms with van der Waals surface area (Å²) in [5.74, 6) is 0.161. The molecule has 0 aliphatic carbocycles. The molecule has 1 aliphatic rings. The standard InChI is InChI=1S/C19H16ClN5O3S3/c20-11-1-2-15-10(5-11)6-16(30-15)31(27,28)24-13-3-4-25(19(13)26)8-12-7-14-17(29-12)18(21)23-9-22-14/h1-2,5-7,9,13,24H,3-4,8H2,(H2,21,22,23)/t13-/m0/s1. The molecular weight excluding hydrogens is 478 g/mol. The third-order valence-corrected chi connectivity index (χ3v) is 9.48. The Hall–Kier alpha value is -2.31. The summed E-state index contributed by atoms with van der Waals surface area (Å²) in [7, 11) is -3.83. The first-order valence-corrected chi connectivity index (χ1v) is 12.8. The zero-order chi connectivity index (χ0) is 21.8. The first kappa shape index (κ1) is 20.6. The molecule has 160 valence electrons. The van der Waals surface area contributed by atoms with Gasteiger partial charge in [0.2, 0.25) is 5.91 Å². The number of fused-ring (bicyclic) bond motifs is 2. The van der Waals surface area contributed by atoms with Crippen molar-refractivity contribution in [2.75, 3.05) is 12.3 Å². The van der Waals surface area contributed by atoms with E-state index in [1.807, 2.05) is 6.07 Å². The van der Waals surface area contributed by atoms with Crippen molar-refractivity contribution in [2.24, 2.45) is 0 Å². The van der Waals surface area contributed by atoms with Crippen LogP contribution in [0, 0.1) is 0 Å². The van der Waals surface area contributed by atoms with Crippen molar-refractivity contribution in [3.63, 3.8) is 0 Å². The van der Waals surface area contributed by atoms with E-state index in [4.69, 9.17) is 17.3 Å². The van der Waals surface area contributed by atoms with Crippen molar-refractivity contribution < 1.29 is 13.2 Å². The number of anilines is 1. The molecule has 0 radical (unpaired) electrons. The molecule has 31 heavy (non-hydrogen) atoms. The summed E-state index contributed by atoms with van der Waals surface area (Å²) < 4.78 is 30.1. The molecule has 0 bridgehead atoms. The molecule has 1 atom stereocenters. The van der Waals surface area contributed by atoms with Gasteiger partial charge in [0.05, 0.1) is 16.8 Å².